The van der Waals surface area contributed by atoms with Crippen LogP contribution in [0.25, 0.3) is 22.6 Å². The van der Waals surface area contributed by atoms with Gasteiger partial charge in [0.15, 0.2) is 6.23 Å². The number of H-pyrrole nitrogens is 1. The number of hydrazine groups is 1. The molecule has 0 bridgehead atoms. The van der Waals surface area contributed by atoms with E-state index in [1.165, 1.54) is 29.2 Å². The molecule has 10 N–H and O–H groups in total. The van der Waals surface area contributed by atoms with Gasteiger partial charge in [0.1, 0.15) is 35.9 Å². The van der Waals surface area contributed by atoms with Crippen LogP contribution in [0.1, 0.15) is 26.3 Å². The fourth-order valence-electron chi connectivity index (χ4n) is 6.75. The van der Waals surface area contributed by atoms with Crippen LogP contribution in [0.15, 0.2) is 35.8 Å². The summed E-state index contributed by atoms with van der Waals surface area (Å²) in [4.78, 5) is 32.8. The van der Waals surface area contributed by atoms with Crippen LogP contribution >= 0.6 is 0 Å². The number of ether oxygens (including phenoxy) is 1. The zero-order chi connectivity index (χ0) is 31.2. The maximum atomic E-state index is 14.1. The lowest BCUT2D eigenvalue weighted by atomic mass is 9.93. The van der Waals surface area contributed by atoms with Gasteiger partial charge in [0.25, 0.3) is 11.8 Å². The number of imide groups is 1. The largest absolute Gasteiger partial charge is 0.508 e. The SMILES string of the molecule is O=C1c2c(c3c4c([nH]c3c3c2=C2C=CC(O)=CC2N3[C@H]2O[C@H](CO)[C@@H](O)[C@H](O)[C@H]2O)=CC(O)=CC4)C(=O)N1NC(CO)CO. The van der Waals surface area contributed by atoms with Crippen LogP contribution < -0.4 is 20.9 Å². The number of rotatable bonds is 6. The van der Waals surface area contributed by atoms with Crippen LogP contribution in [0.3, 0.4) is 0 Å². The van der Waals surface area contributed by atoms with Crippen LogP contribution in [0, 0.1) is 0 Å². The van der Waals surface area contributed by atoms with Crippen molar-refractivity contribution >= 4 is 40.1 Å². The van der Waals surface area contributed by atoms with Crippen LogP contribution in [-0.4, -0.2) is 125 Å². The number of carbonyl (C=O) groups is 2. The zero-order valence-electron chi connectivity index (χ0n) is 23.0. The number of aromatic amines is 1. The van der Waals surface area contributed by atoms with Crippen LogP contribution in [0.4, 0.5) is 5.69 Å². The zero-order valence-corrected chi connectivity index (χ0v) is 23.0. The number of nitrogens with one attached hydrogen (secondary N) is 2. The maximum absolute atomic E-state index is 14.1. The van der Waals surface area contributed by atoms with Gasteiger partial charge >= 0.3 is 0 Å². The Morgan fingerprint density at radius 3 is 2.41 bits per heavy atom. The minimum Gasteiger partial charge on any atom is -0.508 e. The van der Waals surface area contributed by atoms with Crippen molar-refractivity contribution in [2.75, 3.05) is 24.7 Å². The number of fused-ring (bicyclic) bond motifs is 9. The van der Waals surface area contributed by atoms with E-state index < -0.39 is 74.4 Å². The molecule has 1 saturated heterocycles. The summed E-state index contributed by atoms with van der Waals surface area (Å²) in [7, 11) is 0. The highest BCUT2D eigenvalue weighted by molar-refractivity contribution is 6.29. The van der Waals surface area contributed by atoms with Crippen LogP contribution in [-0.2, 0) is 11.2 Å². The van der Waals surface area contributed by atoms with E-state index in [1.54, 1.807) is 6.08 Å². The molecule has 6 atom stereocenters. The van der Waals surface area contributed by atoms with E-state index in [2.05, 4.69) is 10.4 Å². The molecular weight excluding hydrogens is 580 g/mol. The molecule has 5 aliphatic rings. The van der Waals surface area contributed by atoms with Gasteiger partial charge in [-0.2, -0.15) is 0 Å². The first-order valence-corrected chi connectivity index (χ1v) is 14.0. The first kappa shape index (κ1) is 28.7. The molecule has 4 heterocycles. The fourth-order valence-corrected chi connectivity index (χ4v) is 6.75. The van der Waals surface area contributed by atoms with Gasteiger partial charge in [-0.1, -0.05) is 6.08 Å². The van der Waals surface area contributed by atoms with Gasteiger partial charge in [-0.3, -0.25) is 9.59 Å². The van der Waals surface area contributed by atoms with Crippen molar-refractivity contribution in [2.24, 2.45) is 0 Å². The molecule has 232 valence electrons. The Kier molecular flexibility index (Phi) is 6.69. The van der Waals surface area contributed by atoms with Crippen molar-refractivity contribution in [3.05, 3.63) is 63.1 Å². The standard InChI is InChI=1S/C29H30N4O11/c34-7-10(8-35)31-33-27(42)20-18-13-3-1-11(37)5-15(13)30-22(18)23-19(21(20)28(33)43)14-4-2-12(38)6-16(14)32(23)29-26(41)25(40)24(39)17(9-36)44-29/h1-2,4-6,10,16-17,24-26,29-31,34-41H,3,7-9H2/t16?,17-,24-,25+,26-,29+/m1/s1. The third-order valence-corrected chi connectivity index (χ3v) is 8.82. The molecule has 1 aromatic heterocycles. The minimum absolute atomic E-state index is 0.0215. The normalized spacial score (nSPS) is 29.1. The summed E-state index contributed by atoms with van der Waals surface area (Å²) in [6.07, 6.45) is -0.229. The Hall–Kier alpha value is -4.06. The molecule has 2 amide bonds. The van der Waals surface area contributed by atoms with Crippen molar-refractivity contribution in [3.8, 4) is 0 Å². The topological polar surface area (TPSA) is 240 Å². The van der Waals surface area contributed by atoms with Crippen LogP contribution in [0.5, 0.6) is 0 Å². The highest BCUT2D eigenvalue weighted by atomic mass is 16.6. The maximum Gasteiger partial charge on any atom is 0.276 e. The monoisotopic (exact) mass is 610 g/mol. The van der Waals surface area contributed by atoms with E-state index in [0.717, 1.165) is 5.01 Å². The molecule has 0 radical (unpaired) electrons. The number of hydrogen-bond acceptors (Lipinski definition) is 13. The molecule has 2 aromatic rings. The number of allylic oxidation sites excluding steroid dienone is 3. The summed E-state index contributed by atoms with van der Waals surface area (Å²) in [5.41, 5.74) is 4.23. The van der Waals surface area contributed by atoms with Gasteiger partial charge in [0.2, 0.25) is 0 Å². The predicted molar refractivity (Wildman–Crippen MR) is 151 cm³/mol. The third kappa shape index (κ3) is 3.85. The summed E-state index contributed by atoms with van der Waals surface area (Å²) in [6, 6.07) is -1.94. The Morgan fingerprint density at radius 2 is 1.70 bits per heavy atom. The Bertz CT molecular complexity index is 1820. The van der Waals surface area contributed by atoms with E-state index in [9.17, 15) is 50.4 Å². The molecule has 1 unspecified atom stereocenters. The quantitative estimate of drug-likeness (QED) is 0.143. The van der Waals surface area contributed by atoms with Gasteiger partial charge < -0.3 is 55.5 Å². The van der Waals surface area contributed by atoms with E-state index >= 15 is 0 Å². The molecule has 0 saturated carbocycles. The molecule has 2 aliphatic carbocycles. The number of aliphatic hydroxyl groups excluding tert-OH is 8. The van der Waals surface area contributed by atoms with Crippen molar-refractivity contribution in [2.45, 2.75) is 49.1 Å². The summed E-state index contributed by atoms with van der Waals surface area (Å²) in [5.74, 6) is -1.70. The van der Waals surface area contributed by atoms with Gasteiger partial charge in [-0.15, -0.1) is 0 Å². The first-order valence-electron chi connectivity index (χ1n) is 14.0. The average Bonchev–Trinajstić information content (AvgIpc) is 3.62. The first-order chi connectivity index (χ1) is 21.1. The molecule has 1 fully saturated rings. The molecule has 15 heteroatoms. The number of anilines is 1. The molecule has 44 heavy (non-hydrogen) atoms. The lowest BCUT2D eigenvalue weighted by Crippen LogP contribution is -2.64. The fraction of sp³-hybridized carbons (Fsp3) is 0.379. The number of nitrogens with zero attached hydrogens (tertiary/aromatic N) is 2. The Labute approximate surface area is 247 Å². The van der Waals surface area contributed by atoms with Gasteiger partial charge in [-0.25, -0.2) is 10.4 Å². The van der Waals surface area contributed by atoms with E-state index in [0.29, 0.717) is 27.4 Å². The average molecular weight is 611 g/mol. The van der Waals surface area contributed by atoms with Crippen molar-refractivity contribution in [1.29, 1.82) is 0 Å². The number of benzene rings is 1. The number of amides is 2. The number of hydrogen-bond donors (Lipinski definition) is 10. The molecule has 15 nitrogen and oxygen atoms in total. The minimum atomic E-state index is -1.73. The molecule has 3 aliphatic heterocycles. The van der Waals surface area contributed by atoms with Gasteiger partial charge in [-0.05, 0) is 35.8 Å². The predicted octanol–water partition coefficient (Wildman–Crippen LogP) is -3.45. The number of aliphatic hydroxyl groups is 8. The Balaban J connectivity index is 1.55. The van der Waals surface area contributed by atoms with Gasteiger partial charge in [0, 0.05) is 22.0 Å². The molecule has 1 aromatic carbocycles. The third-order valence-electron chi connectivity index (χ3n) is 8.82. The molecule has 0 spiro atoms. The smallest absolute Gasteiger partial charge is 0.276 e. The van der Waals surface area contributed by atoms with Crippen molar-refractivity contribution < 1.29 is 55.2 Å². The lowest BCUT2D eigenvalue weighted by molar-refractivity contribution is -0.228. The van der Waals surface area contributed by atoms with E-state index in [1.807, 2.05) is 0 Å². The number of aromatic nitrogens is 1. The second-order valence-electron chi connectivity index (χ2n) is 11.3. The second-order valence-corrected chi connectivity index (χ2v) is 11.3. The summed E-state index contributed by atoms with van der Waals surface area (Å²) < 4.78 is 5.96. The highest BCUT2D eigenvalue weighted by Gasteiger charge is 2.52. The van der Waals surface area contributed by atoms with E-state index in [4.69, 9.17) is 4.74 Å². The summed E-state index contributed by atoms with van der Waals surface area (Å²) in [5, 5.41) is 84.2. The molecular formula is C29H30N4O11. The lowest BCUT2D eigenvalue weighted by Gasteiger charge is -2.46. The molecule has 7 rings (SSSR count). The summed E-state index contributed by atoms with van der Waals surface area (Å²) >= 11 is 0. The summed E-state index contributed by atoms with van der Waals surface area (Å²) in [6.45, 7) is -1.84. The van der Waals surface area contributed by atoms with Gasteiger partial charge in [0.05, 0.1) is 54.2 Å². The van der Waals surface area contributed by atoms with Crippen molar-refractivity contribution in [1.82, 2.24) is 15.4 Å². The number of carbonyl (C=O) groups excluding carboxylic acids is 2. The van der Waals surface area contributed by atoms with Crippen LogP contribution in [0.2, 0.25) is 0 Å². The Morgan fingerprint density at radius 1 is 0.977 bits per heavy atom. The highest BCUT2D eigenvalue weighted by Crippen LogP contribution is 2.43. The van der Waals surface area contributed by atoms with E-state index in [-0.39, 0.29) is 40.0 Å². The second kappa shape index (κ2) is 10.3. The van der Waals surface area contributed by atoms with Crippen molar-refractivity contribution in [3.63, 3.8) is 0 Å².